The van der Waals surface area contributed by atoms with Crippen LogP contribution in [0.4, 0.5) is 0 Å². The molecular weight excluding hydrogens is 186 g/mol. The van der Waals surface area contributed by atoms with Gasteiger partial charge in [-0.3, -0.25) is 0 Å². The van der Waals surface area contributed by atoms with Gasteiger partial charge in [-0.25, -0.2) is 0 Å². The minimum Gasteiger partial charge on any atom is -0.345 e. The van der Waals surface area contributed by atoms with Gasteiger partial charge in [-0.1, -0.05) is 23.7 Å². The predicted octanol–water partition coefficient (Wildman–Crippen LogP) is 2.48. The average Bonchev–Trinajstić information content (AvgIpc) is 2.80. The topological polar surface area (TPSA) is 36.3 Å². The van der Waals surface area contributed by atoms with E-state index in [1.165, 1.54) is 0 Å². The highest BCUT2D eigenvalue weighted by molar-refractivity contribution is 6.30. The Kier molecular flexibility index (Phi) is 1.80. The van der Waals surface area contributed by atoms with Crippen LogP contribution in [0.1, 0.15) is 12.5 Å². The summed E-state index contributed by atoms with van der Waals surface area (Å²) in [5.41, 5.74) is 0.586. The second kappa shape index (κ2) is 2.73. The highest BCUT2D eigenvalue weighted by Crippen LogP contribution is 2.45. The van der Waals surface area contributed by atoms with Crippen molar-refractivity contribution in [3.8, 4) is 6.07 Å². The van der Waals surface area contributed by atoms with Crippen LogP contribution < -0.4 is 0 Å². The van der Waals surface area contributed by atoms with Gasteiger partial charge in [-0.05, 0) is 24.6 Å². The molecule has 0 spiro atoms. The molecule has 1 aromatic carbocycles. The second-order valence-corrected chi connectivity index (χ2v) is 3.68. The number of nitrogens with zero attached hydrogens (tertiary/aromatic N) is 1. The second-order valence-electron chi connectivity index (χ2n) is 3.24. The van der Waals surface area contributed by atoms with Gasteiger partial charge in [-0.2, -0.15) is 5.26 Å². The first-order valence-corrected chi connectivity index (χ1v) is 4.38. The lowest BCUT2D eigenvalue weighted by atomic mass is 9.98. The molecule has 0 radical (unpaired) electrons. The Morgan fingerprint density at radius 1 is 1.46 bits per heavy atom. The summed E-state index contributed by atoms with van der Waals surface area (Å²) in [5, 5.41) is 9.35. The number of hydrogen-bond acceptors (Lipinski definition) is 2. The summed E-state index contributed by atoms with van der Waals surface area (Å²) in [6, 6.07) is 9.47. The third-order valence-electron chi connectivity index (χ3n) is 2.34. The van der Waals surface area contributed by atoms with Gasteiger partial charge < -0.3 is 4.74 Å². The molecule has 1 aliphatic rings. The summed E-state index contributed by atoms with van der Waals surface area (Å²) in [6.07, 6.45) is -0.311. The molecule has 13 heavy (non-hydrogen) atoms. The summed E-state index contributed by atoms with van der Waals surface area (Å²) >= 11 is 5.75. The maximum Gasteiger partial charge on any atom is 0.178 e. The van der Waals surface area contributed by atoms with Crippen molar-refractivity contribution >= 4 is 11.6 Å². The third-order valence-corrected chi connectivity index (χ3v) is 2.59. The molecule has 1 saturated heterocycles. The molecule has 1 fully saturated rings. The van der Waals surface area contributed by atoms with Crippen LogP contribution >= 0.6 is 11.6 Å². The first kappa shape index (κ1) is 8.55. The molecule has 2 nitrogen and oxygen atoms in total. The van der Waals surface area contributed by atoms with Crippen molar-refractivity contribution in [3.63, 3.8) is 0 Å². The number of benzene rings is 1. The zero-order chi connectivity index (χ0) is 9.47. The van der Waals surface area contributed by atoms with Crippen LogP contribution in [0.15, 0.2) is 24.3 Å². The molecule has 2 rings (SSSR count). The molecule has 0 aliphatic carbocycles. The lowest BCUT2D eigenvalue weighted by molar-refractivity contribution is 0.321. The Labute approximate surface area is 81.7 Å². The first-order chi connectivity index (χ1) is 6.16. The largest absolute Gasteiger partial charge is 0.345 e. The number of rotatable bonds is 1. The molecule has 0 saturated carbocycles. The van der Waals surface area contributed by atoms with E-state index in [4.69, 9.17) is 21.6 Å². The Bertz CT molecular complexity index is 368. The van der Waals surface area contributed by atoms with Gasteiger partial charge in [0, 0.05) is 5.02 Å². The minimum atomic E-state index is -0.417. The summed E-state index contributed by atoms with van der Waals surface area (Å²) in [4.78, 5) is 0. The fourth-order valence-corrected chi connectivity index (χ4v) is 1.49. The predicted molar refractivity (Wildman–Crippen MR) is 49.3 cm³/mol. The monoisotopic (exact) mass is 193 g/mol. The van der Waals surface area contributed by atoms with Crippen molar-refractivity contribution in [3.05, 3.63) is 34.9 Å². The number of halogens is 1. The van der Waals surface area contributed by atoms with E-state index >= 15 is 0 Å². The van der Waals surface area contributed by atoms with Gasteiger partial charge in [0.1, 0.15) is 5.60 Å². The normalized spacial score (nSPS) is 31.0. The van der Waals surface area contributed by atoms with Gasteiger partial charge in [0.15, 0.2) is 6.10 Å². The highest BCUT2D eigenvalue weighted by Gasteiger charge is 2.54. The summed E-state index contributed by atoms with van der Waals surface area (Å²) in [7, 11) is 0. The molecule has 2 unspecified atom stereocenters. The molecule has 1 aliphatic heterocycles. The fourth-order valence-electron chi connectivity index (χ4n) is 1.36. The van der Waals surface area contributed by atoms with Crippen LogP contribution in [0.2, 0.25) is 5.02 Å². The maximum absolute atomic E-state index is 8.66. The zero-order valence-electron chi connectivity index (χ0n) is 7.12. The van der Waals surface area contributed by atoms with Crippen LogP contribution in [0.5, 0.6) is 0 Å². The van der Waals surface area contributed by atoms with E-state index in [-0.39, 0.29) is 6.10 Å². The smallest absolute Gasteiger partial charge is 0.178 e. The third kappa shape index (κ3) is 1.31. The lowest BCUT2D eigenvalue weighted by Crippen LogP contribution is -2.05. The van der Waals surface area contributed by atoms with Crippen LogP contribution in [0, 0.1) is 11.3 Å². The molecule has 1 heterocycles. The van der Waals surface area contributed by atoms with E-state index in [0.29, 0.717) is 5.02 Å². The molecule has 1 aromatic rings. The number of hydrogen-bond donors (Lipinski definition) is 0. The SMILES string of the molecule is CC1(c2ccc(Cl)cc2)OC1C#N. The van der Waals surface area contributed by atoms with E-state index in [2.05, 4.69) is 6.07 Å². The molecule has 66 valence electrons. The number of ether oxygens (including phenoxy) is 1. The summed E-state index contributed by atoms with van der Waals surface area (Å²) < 4.78 is 5.28. The Morgan fingerprint density at radius 3 is 2.54 bits per heavy atom. The molecular formula is C10H8ClNO. The molecule has 0 amide bonds. The van der Waals surface area contributed by atoms with Gasteiger partial charge in [0.05, 0.1) is 6.07 Å². The van der Waals surface area contributed by atoms with Crippen LogP contribution in [0.25, 0.3) is 0 Å². The van der Waals surface area contributed by atoms with Crippen molar-refractivity contribution in [2.24, 2.45) is 0 Å². The maximum atomic E-state index is 8.66. The number of nitriles is 1. The lowest BCUT2D eigenvalue weighted by Gasteiger charge is -2.04. The summed E-state index contributed by atoms with van der Waals surface area (Å²) in [5.74, 6) is 0. The summed E-state index contributed by atoms with van der Waals surface area (Å²) in [6.45, 7) is 1.91. The van der Waals surface area contributed by atoms with Crippen molar-refractivity contribution in [2.45, 2.75) is 18.6 Å². The van der Waals surface area contributed by atoms with E-state index in [9.17, 15) is 0 Å². The fraction of sp³-hybridized carbons (Fsp3) is 0.300. The van der Waals surface area contributed by atoms with Gasteiger partial charge in [0.25, 0.3) is 0 Å². The van der Waals surface area contributed by atoms with Crippen LogP contribution in [-0.2, 0) is 10.3 Å². The van der Waals surface area contributed by atoms with E-state index in [1.54, 1.807) is 12.1 Å². The Morgan fingerprint density at radius 2 is 2.08 bits per heavy atom. The molecule has 3 heteroatoms. The zero-order valence-corrected chi connectivity index (χ0v) is 7.88. The van der Waals surface area contributed by atoms with Crippen molar-refractivity contribution in [1.29, 1.82) is 5.26 Å². The molecule has 2 atom stereocenters. The van der Waals surface area contributed by atoms with Gasteiger partial charge in [-0.15, -0.1) is 0 Å². The van der Waals surface area contributed by atoms with Crippen molar-refractivity contribution in [2.75, 3.05) is 0 Å². The quantitative estimate of drug-likeness (QED) is 0.643. The van der Waals surface area contributed by atoms with E-state index in [0.717, 1.165) is 5.56 Å². The van der Waals surface area contributed by atoms with Gasteiger partial charge >= 0.3 is 0 Å². The first-order valence-electron chi connectivity index (χ1n) is 4.00. The standard InChI is InChI=1S/C10H8ClNO/c1-10(9(6-12)13-10)7-2-4-8(11)5-3-7/h2-5,9H,1H3. The molecule has 0 bridgehead atoms. The Hall–Kier alpha value is -1.04. The van der Waals surface area contributed by atoms with Gasteiger partial charge in [0.2, 0.25) is 0 Å². The Balaban J connectivity index is 2.29. The van der Waals surface area contributed by atoms with E-state index in [1.807, 2.05) is 19.1 Å². The highest BCUT2D eigenvalue weighted by atomic mass is 35.5. The van der Waals surface area contributed by atoms with Crippen LogP contribution in [-0.4, -0.2) is 6.10 Å². The molecule has 0 aromatic heterocycles. The van der Waals surface area contributed by atoms with Crippen molar-refractivity contribution < 1.29 is 4.74 Å². The number of epoxide rings is 1. The minimum absolute atomic E-state index is 0.311. The van der Waals surface area contributed by atoms with E-state index < -0.39 is 5.60 Å². The average molecular weight is 194 g/mol. The molecule has 0 N–H and O–H groups in total. The van der Waals surface area contributed by atoms with Crippen LogP contribution in [0.3, 0.4) is 0 Å². The van der Waals surface area contributed by atoms with Crippen molar-refractivity contribution in [1.82, 2.24) is 0 Å².